The quantitative estimate of drug-likeness (QED) is 0.444. The molecule has 0 aliphatic carbocycles. The summed E-state index contributed by atoms with van der Waals surface area (Å²) in [6.07, 6.45) is 8.88. The van der Waals surface area contributed by atoms with E-state index in [1.807, 2.05) is 19.1 Å². The normalized spacial score (nSPS) is 13.9. The molecule has 1 heteroatoms. The molecule has 0 rings (SSSR count). The third-order valence-corrected chi connectivity index (χ3v) is 1.73. The van der Waals surface area contributed by atoms with Crippen LogP contribution in [0, 0.1) is 0 Å². The van der Waals surface area contributed by atoms with Crippen molar-refractivity contribution in [1.29, 1.82) is 0 Å². The Balaban J connectivity index is 4.64. The van der Waals surface area contributed by atoms with Gasteiger partial charge in [-0.05, 0) is 38.6 Å². The Labute approximate surface area is 75.2 Å². The number of hydrogen-bond acceptors (Lipinski definition) is 1. The molecule has 0 fully saturated rings. The lowest BCUT2D eigenvalue weighted by molar-refractivity contribution is 1.08. The molecule has 0 N–H and O–H groups in total. The van der Waals surface area contributed by atoms with Gasteiger partial charge in [0.05, 0.1) is 0 Å². The average Bonchev–Trinajstić information content (AvgIpc) is 2.11. The Morgan fingerprint density at radius 3 is 2.50 bits per heavy atom. The van der Waals surface area contributed by atoms with Gasteiger partial charge in [0.25, 0.3) is 0 Å². The summed E-state index contributed by atoms with van der Waals surface area (Å²) in [6.45, 7) is 9.68. The van der Waals surface area contributed by atoms with Crippen molar-refractivity contribution in [2.45, 2.75) is 27.2 Å². The number of hydrogen-bond donors (Lipinski definition) is 0. The number of aliphatic imine (C=N–C) groups is 1. The van der Waals surface area contributed by atoms with E-state index >= 15 is 0 Å². The van der Waals surface area contributed by atoms with Gasteiger partial charge >= 0.3 is 0 Å². The summed E-state index contributed by atoms with van der Waals surface area (Å²) in [7, 11) is 0. The maximum Gasteiger partial charge on any atom is 0.0266 e. The van der Waals surface area contributed by atoms with Gasteiger partial charge in [0.15, 0.2) is 0 Å². The predicted molar refractivity (Wildman–Crippen MR) is 56.5 cm³/mol. The molecule has 0 unspecified atom stereocenters. The summed E-state index contributed by atoms with van der Waals surface area (Å²) in [5.74, 6) is 0. The first-order valence-corrected chi connectivity index (χ1v) is 4.21. The lowest BCUT2D eigenvalue weighted by Crippen LogP contribution is -1.79. The van der Waals surface area contributed by atoms with Gasteiger partial charge < -0.3 is 0 Å². The smallest absolute Gasteiger partial charge is 0.0266 e. The molecule has 0 saturated heterocycles. The van der Waals surface area contributed by atoms with Crippen molar-refractivity contribution >= 4 is 6.72 Å². The fourth-order valence-corrected chi connectivity index (χ4v) is 0.857. The lowest BCUT2D eigenvalue weighted by Gasteiger charge is -1.99. The third-order valence-electron chi connectivity index (χ3n) is 1.73. The van der Waals surface area contributed by atoms with Crippen LogP contribution in [-0.4, -0.2) is 6.72 Å². The Hall–Kier alpha value is -1.11. The minimum absolute atomic E-state index is 1.07. The highest BCUT2D eigenvalue weighted by Crippen LogP contribution is 2.10. The van der Waals surface area contributed by atoms with Gasteiger partial charge in [0.1, 0.15) is 0 Å². The Kier molecular flexibility index (Phi) is 5.98. The van der Waals surface area contributed by atoms with E-state index in [9.17, 15) is 0 Å². The SMILES string of the molecule is C=N\C=C/C(/C=C/C)=C(\C)CC. The van der Waals surface area contributed by atoms with Crippen molar-refractivity contribution in [3.05, 3.63) is 35.6 Å². The van der Waals surface area contributed by atoms with Crippen LogP contribution >= 0.6 is 0 Å². The highest BCUT2D eigenvalue weighted by molar-refractivity contribution is 5.36. The number of rotatable bonds is 4. The van der Waals surface area contributed by atoms with Gasteiger partial charge in [-0.15, -0.1) is 0 Å². The van der Waals surface area contributed by atoms with Crippen LogP contribution in [0.4, 0.5) is 0 Å². The molecule has 0 aromatic rings. The maximum atomic E-state index is 3.68. The monoisotopic (exact) mass is 163 g/mol. The van der Waals surface area contributed by atoms with E-state index in [0.717, 1.165) is 6.42 Å². The summed E-state index contributed by atoms with van der Waals surface area (Å²) in [5, 5.41) is 0. The number of allylic oxidation sites excluding steroid dienone is 5. The first kappa shape index (κ1) is 10.9. The van der Waals surface area contributed by atoms with Crippen molar-refractivity contribution in [2.75, 3.05) is 0 Å². The van der Waals surface area contributed by atoms with Crippen LogP contribution in [0.15, 0.2) is 40.6 Å². The Morgan fingerprint density at radius 2 is 2.08 bits per heavy atom. The van der Waals surface area contributed by atoms with E-state index in [2.05, 4.69) is 31.6 Å². The van der Waals surface area contributed by atoms with Crippen LogP contribution in [0.3, 0.4) is 0 Å². The minimum atomic E-state index is 1.07. The van der Waals surface area contributed by atoms with Crippen LogP contribution in [0.25, 0.3) is 0 Å². The third kappa shape index (κ3) is 3.91. The van der Waals surface area contributed by atoms with Crippen LogP contribution in [0.1, 0.15) is 27.2 Å². The molecule has 12 heavy (non-hydrogen) atoms. The van der Waals surface area contributed by atoms with Gasteiger partial charge in [-0.3, -0.25) is 4.99 Å². The van der Waals surface area contributed by atoms with Crippen LogP contribution in [0.5, 0.6) is 0 Å². The molecule has 1 nitrogen and oxygen atoms in total. The first-order chi connectivity index (χ1) is 5.76. The molecule has 0 aromatic heterocycles. The van der Waals surface area contributed by atoms with Crippen LogP contribution in [-0.2, 0) is 0 Å². The van der Waals surface area contributed by atoms with E-state index in [-0.39, 0.29) is 0 Å². The second kappa shape index (κ2) is 6.59. The number of nitrogens with zero attached hydrogens (tertiary/aromatic N) is 1. The summed E-state index contributed by atoms with van der Waals surface area (Å²) in [4.78, 5) is 3.68. The van der Waals surface area contributed by atoms with E-state index in [1.165, 1.54) is 11.1 Å². The van der Waals surface area contributed by atoms with Gasteiger partial charge in [-0.1, -0.05) is 24.6 Å². The van der Waals surface area contributed by atoms with E-state index in [0.29, 0.717) is 0 Å². The van der Waals surface area contributed by atoms with Crippen molar-refractivity contribution < 1.29 is 0 Å². The van der Waals surface area contributed by atoms with E-state index < -0.39 is 0 Å². The summed E-state index contributed by atoms with van der Waals surface area (Å²) < 4.78 is 0. The topological polar surface area (TPSA) is 12.4 Å². The van der Waals surface area contributed by atoms with Gasteiger partial charge in [-0.25, -0.2) is 0 Å². The Bertz CT molecular complexity index is 219. The molecule has 0 aliphatic heterocycles. The van der Waals surface area contributed by atoms with E-state index in [1.54, 1.807) is 6.20 Å². The van der Waals surface area contributed by atoms with Crippen LogP contribution in [0.2, 0.25) is 0 Å². The molecule has 0 radical (unpaired) electrons. The fourth-order valence-electron chi connectivity index (χ4n) is 0.857. The zero-order valence-electron chi connectivity index (χ0n) is 8.17. The highest BCUT2D eigenvalue weighted by atomic mass is 14.6. The van der Waals surface area contributed by atoms with Crippen molar-refractivity contribution in [2.24, 2.45) is 4.99 Å². The molecule has 0 bridgehead atoms. The molecule has 0 aromatic carbocycles. The van der Waals surface area contributed by atoms with Crippen molar-refractivity contribution in [1.82, 2.24) is 0 Å². The molecule has 0 aliphatic rings. The fraction of sp³-hybridized carbons (Fsp3) is 0.364. The average molecular weight is 163 g/mol. The highest BCUT2D eigenvalue weighted by Gasteiger charge is 1.90. The van der Waals surface area contributed by atoms with Gasteiger partial charge in [0.2, 0.25) is 0 Å². The second-order valence-electron chi connectivity index (χ2n) is 2.59. The predicted octanol–water partition coefficient (Wildman–Crippen LogP) is 3.50. The lowest BCUT2D eigenvalue weighted by atomic mass is 10.1. The van der Waals surface area contributed by atoms with Gasteiger partial charge in [-0.2, -0.15) is 0 Å². The van der Waals surface area contributed by atoms with Crippen molar-refractivity contribution in [3.8, 4) is 0 Å². The molecule has 0 amide bonds. The molecular formula is C11H17N. The molecular weight excluding hydrogens is 146 g/mol. The summed E-state index contributed by atoms with van der Waals surface area (Å²) >= 11 is 0. The molecule has 0 saturated carbocycles. The maximum absolute atomic E-state index is 3.68. The first-order valence-electron chi connectivity index (χ1n) is 4.21. The molecule has 0 atom stereocenters. The molecule has 66 valence electrons. The minimum Gasteiger partial charge on any atom is -0.272 e. The summed E-state index contributed by atoms with van der Waals surface area (Å²) in [6, 6.07) is 0. The summed E-state index contributed by atoms with van der Waals surface area (Å²) in [5.41, 5.74) is 2.60. The second-order valence-corrected chi connectivity index (χ2v) is 2.59. The van der Waals surface area contributed by atoms with E-state index in [4.69, 9.17) is 0 Å². The van der Waals surface area contributed by atoms with Crippen LogP contribution < -0.4 is 0 Å². The van der Waals surface area contributed by atoms with Crippen molar-refractivity contribution in [3.63, 3.8) is 0 Å². The van der Waals surface area contributed by atoms with Gasteiger partial charge in [0, 0.05) is 6.20 Å². The largest absolute Gasteiger partial charge is 0.272 e. The standard InChI is InChI=1S/C11H17N/c1-5-7-11(8-9-12-4)10(3)6-2/h5,7-9H,4,6H2,1-3H3/b7-5+,9-8-,11-10+. The Morgan fingerprint density at radius 1 is 1.42 bits per heavy atom. The zero-order chi connectivity index (χ0) is 9.40. The zero-order valence-corrected chi connectivity index (χ0v) is 8.17. The molecule has 0 heterocycles. The molecule has 0 spiro atoms.